The smallest absolute Gasteiger partial charge is 0.305 e. The van der Waals surface area contributed by atoms with Crippen molar-refractivity contribution in [3.05, 3.63) is 92.1 Å². The maximum Gasteiger partial charge on any atom is 0.305 e. The van der Waals surface area contributed by atoms with E-state index < -0.39 is 48.0 Å². The predicted octanol–water partition coefficient (Wildman–Crippen LogP) is 4.72. The van der Waals surface area contributed by atoms with Crippen molar-refractivity contribution in [3.63, 3.8) is 0 Å². The molecule has 4 N–H and O–H groups in total. The Balaban J connectivity index is 1.97. The minimum Gasteiger partial charge on any atom is -0.481 e. The van der Waals surface area contributed by atoms with E-state index in [1.165, 1.54) is 10.6 Å². The molecule has 1 amide bonds. The summed E-state index contributed by atoms with van der Waals surface area (Å²) in [5.41, 5.74) is 4.71. The molecule has 3 atom stereocenters. The van der Waals surface area contributed by atoms with Crippen molar-refractivity contribution in [1.29, 1.82) is 0 Å². The highest BCUT2D eigenvalue weighted by molar-refractivity contribution is 5.94. The molecule has 0 bridgehead atoms. The van der Waals surface area contributed by atoms with Crippen molar-refractivity contribution >= 4 is 11.9 Å². The molecule has 2 aromatic carbocycles. The van der Waals surface area contributed by atoms with Crippen LogP contribution < -0.4 is 16.2 Å². The van der Waals surface area contributed by atoms with Gasteiger partial charge in [0.2, 0.25) is 0 Å². The summed E-state index contributed by atoms with van der Waals surface area (Å²) in [4.78, 5) is 40.3. The molecular formula is C35H47FN4O5. The topological polar surface area (TPSA) is 124 Å². The van der Waals surface area contributed by atoms with Crippen molar-refractivity contribution in [2.24, 2.45) is 5.92 Å². The molecule has 3 rings (SSSR count). The van der Waals surface area contributed by atoms with E-state index in [0.29, 0.717) is 25.1 Å². The highest BCUT2D eigenvalue weighted by Gasteiger charge is 2.30. The number of carbonyl (C=O) groups excluding carboxylic acids is 1. The lowest BCUT2D eigenvalue weighted by atomic mass is 9.89. The van der Waals surface area contributed by atoms with Gasteiger partial charge in [0.1, 0.15) is 17.6 Å². The monoisotopic (exact) mass is 622 g/mol. The average molecular weight is 623 g/mol. The number of aliphatic hydroxyl groups is 1. The lowest BCUT2D eigenvalue weighted by Crippen LogP contribution is -2.52. The van der Waals surface area contributed by atoms with Gasteiger partial charge in [-0.05, 0) is 106 Å². The second kappa shape index (κ2) is 15.4. The SMILES string of the molecule is Cc1cc(C)c(-c2cc(C)c(F)c([C@H](CC(=O)O)NC(O)[C@H](CC(C)C)NC(=O)c3cccn(CCN(C)C)c3=O)c2)c(C)c1. The van der Waals surface area contributed by atoms with Gasteiger partial charge in [0, 0.05) is 30.9 Å². The lowest BCUT2D eigenvalue weighted by Gasteiger charge is -2.30. The zero-order chi connectivity index (χ0) is 33.6. The highest BCUT2D eigenvalue weighted by atomic mass is 19.1. The molecule has 1 unspecified atom stereocenters. The van der Waals surface area contributed by atoms with Gasteiger partial charge >= 0.3 is 5.97 Å². The summed E-state index contributed by atoms with van der Waals surface area (Å²) in [5.74, 6) is -2.39. The fourth-order valence-corrected chi connectivity index (χ4v) is 5.80. The van der Waals surface area contributed by atoms with Gasteiger partial charge in [-0.25, -0.2) is 4.39 Å². The number of pyridine rings is 1. The number of hydrogen-bond acceptors (Lipinski definition) is 6. The number of aromatic nitrogens is 1. The van der Waals surface area contributed by atoms with Crippen LogP contribution in [0.25, 0.3) is 11.1 Å². The van der Waals surface area contributed by atoms with Crippen LogP contribution in [0.3, 0.4) is 0 Å². The second-order valence-electron chi connectivity index (χ2n) is 12.7. The van der Waals surface area contributed by atoms with E-state index in [0.717, 1.165) is 27.8 Å². The highest BCUT2D eigenvalue weighted by Crippen LogP contribution is 2.34. The number of halogens is 1. The van der Waals surface area contributed by atoms with Crippen molar-refractivity contribution in [2.75, 3.05) is 20.6 Å². The van der Waals surface area contributed by atoms with E-state index in [-0.39, 0.29) is 17.0 Å². The number of nitrogens with zero attached hydrogens (tertiary/aromatic N) is 2. The largest absolute Gasteiger partial charge is 0.481 e. The van der Waals surface area contributed by atoms with Crippen LogP contribution in [0.2, 0.25) is 0 Å². The summed E-state index contributed by atoms with van der Waals surface area (Å²) in [6.45, 7) is 12.4. The van der Waals surface area contributed by atoms with Crippen LogP contribution >= 0.6 is 0 Å². The first-order chi connectivity index (χ1) is 21.1. The Hall–Kier alpha value is -3.86. The van der Waals surface area contributed by atoms with E-state index in [1.807, 2.05) is 65.7 Å². The normalized spacial score (nSPS) is 13.6. The number of carboxylic acids is 1. The van der Waals surface area contributed by atoms with Gasteiger partial charge in [0.15, 0.2) is 0 Å². The molecule has 1 aromatic heterocycles. The third-order valence-electron chi connectivity index (χ3n) is 7.85. The van der Waals surface area contributed by atoms with Gasteiger partial charge in [0.25, 0.3) is 11.5 Å². The number of aryl methyl sites for hydroxylation is 4. The molecule has 10 heteroatoms. The number of rotatable bonds is 14. The molecule has 3 aromatic rings. The molecule has 0 spiro atoms. The van der Waals surface area contributed by atoms with Gasteiger partial charge in [-0.3, -0.25) is 19.7 Å². The third kappa shape index (κ3) is 9.32. The van der Waals surface area contributed by atoms with E-state index >= 15 is 4.39 Å². The first kappa shape index (κ1) is 35.6. The summed E-state index contributed by atoms with van der Waals surface area (Å²) < 4.78 is 17.2. The zero-order valence-electron chi connectivity index (χ0n) is 27.6. The number of nitrogens with one attached hydrogen (secondary N) is 2. The number of hydrogen-bond donors (Lipinski definition) is 4. The van der Waals surface area contributed by atoms with Crippen LogP contribution in [-0.2, 0) is 11.3 Å². The number of benzene rings is 2. The van der Waals surface area contributed by atoms with Crippen molar-refractivity contribution < 1.29 is 24.2 Å². The maximum atomic E-state index is 15.7. The first-order valence-electron chi connectivity index (χ1n) is 15.3. The van der Waals surface area contributed by atoms with E-state index in [2.05, 4.69) is 10.6 Å². The van der Waals surface area contributed by atoms with Crippen molar-refractivity contribution in [3.8, 4) is 11.1 Å². The molecule has 0 radical (unpaired) electrons. The molecule has 0 fully saturated rings. The summed E-state index contributed by atoms with van der Waals surface area (Å²) >= 11 is 0. The molecule has 0 saturated heterocycles. The Bertz CT molecular complexity index is 1560. The standard InChI is InChI=1S/C35H47FN4O5/c1-20(2)14-29(38-33(43)26-10-9-11-40(35(26)45)13-12-39(7)8)34(44)37-28(19-30(41)42)27-18-25(17-24(6)32(27)36)31-22(4)15-21(3)16-23(31)5/h9-11,15-18,20,28-29,34,37,44H,12-14,19H2,1-8H3,(H,38,43)(H,41,42)/t28-,29-,34?/m0/s1. The Kier molecular flexibility index (Phi) is 12.2. The van der Waals surface area contributed by atoms with Gasteiger partial charge in [-0.15, -0.1) is 0 Å². The summed E-state index contributed by atoms with van der Waals surface area (Å²) in [7, 11) is 3.77. The number of amides is 1. The van der Waals surface area contributed by atoms with Crippen LogP contribution in [0.4, 0.5) is 4.39 Å². The molecule has 0 saturated carbocycles. The first-order valence-corrected chi connectivity index (χ1v) is 15.3. The summed E-state index contributed by atoms with van der Waals surface area (Å²) in [6.07, 6.45) is -0.0392. The van der Waals surface area contributed by atoms with Gasteiger partial charge in [-0.1, -0.05) is 31.5 Å². The van der Waals surface area contributed by atoms with Gasteiger partial charge in [0.05, 0.1) is 12.5 Å². The van der Waals surface area contributed by atoms with Crippen LogP contribution in [0, 0.1) is 39.4 Å². The number of likely N-dealkylation sites (N-methyl/N-ethyl adjacent to an activating group) is 1. The molecule has 0 aliphatic carbocycles. The van der Waals surface area contributed by atoms with E-state index in [1.54, 1.807) is 31.3 Å². The quantitative estimate of drug-likeness (QED) is 0.192. The van der Waals surface area contributed by atoms with Crippen LogP contribution in [-0.4, -0.2) is 64.5 Å². The minimum absolute atomic E-state index is 0.0204. The molecule has 0 aliphatic heterocycles. The Morgan fingerprint density at radius 2 is 1.67 bits per heavy atom. The van der Waals surface area contributed by atoms with E-state index in [9.17, 15) is 24.6 Å². The fraction of sp³-hybridized carbons (Fsp3) is 0.457. The minimum atomic E-state index is -1.45. The third-order valence-corrected chi connectivity index (χ3v) is 7.85. The predicted molar refractivity (Wildman–Crippen MR) is 175 cm³/mol. The maximum absolute atomic E-state index is 15.7. The number of carbonyl (C=O) groups is 2. The lowest BCUT2D eigenvalue weighted by molar-refractivity contribution is -0.137. The fourth-order valence-electron chi connectivity index (χ4n) is 5.80. The molecule has 9 nitrogen and oxygen atoms in total. The Morgan fingerprint density at radius 3 is 2.24 bits per heavy atom. The zero-order valence-corrected chi connectivity index (χ0v) is 27.6. The van der Waals surface area contributed by atoms with Crippen LogP contribution in [0.5, 0.6) is 0 Å². The van der Waals surface area contributed by atoms with Gasteiger partial charge in [-0.2, -0.15) is 0 Å². The molecule has 1 heterocycles. The number of aliphatic hydroxyl groups excluding tert-OH is 1. The molecular weight excluding hydrogens is 575 g/mol. The van der Waals surface area contributed by atoms with Crippen LogP contribution in [0.15, 0.2) is 47.4 Å². The van der Waals surface area contributed by atoms with Crippen molar-refractivity contribution in [1.82, 2.24) is 20.1 Å². The number of carboxylic acid groups (broad SMARTS) is 1. The van der Waals surface area contributed by atoms with Crippen LogP contribution in [0.1, 0.15) is 70.9 Å². The Labute approximate surface area is 265 Å². The van der Waals surface area contributed by atoms with E-state index in [4.69, 9.17) is 0 Å². The molecule has 244 valence electrons. The second-order valence-corrected chi connectivity index (χ2v) is 12.7. The summed E-state index contributed by atoms with van der Waals surface area (Å²) in [6, 6.07) is 8.49. The molecule has 0 aliphatic rings. The Morgan fingerprint density at radius 1 is 1.02 bits per heavy atom. The summed E-state index contributed by atoms with van der Waals surface area (Å²) in [5, 5.41) is 26.9. The average Bonchev–Trinajstić information content (AvgIpc) is 2.92. The van der Waals surface area contributed by atoms with Gasteiger partial charge < -0.3 is 25.0 Å². The number of aliphatic carboxylic acids is 1. The van der Waals surface area contributed by atoms with Crippen molar-refractivity contribution in [2.45, 2.75) is 79.2 Å². The molecule has 45 heavy (non-hydrogen) atoms.